The third-order valence-electron chi connectivity index (χ3n) is 3.79. The van der Waals surface area contributed by atoms with Crippen LogP contribution in [0.1, 0.15) is 0 Å². The number of hydrogen-bond donors (Lipinski definition) is 0. The van der Waals surface area contributed by atoms with Gasteiger partial charge < -0.3 is 0 Å². The molecule has 0 aliphatic heterocycles. The van der Waals surface area contributed by atoms with E-state index in [0.717, 1.165) is 9.37 Å². The van der Waals surface area contributed by atoms with Crippen LogP contribution in [0.2, 0.25) is 0 Å². The Hall–Kier alpha value is -2.04. The van der Waals surface area contributed by atoms with Gasteiger partial charge in [0.2, 0.25) is 0 Å². The van der Waals surface area contributed by atoms with Gasteiger partial charge in [-0.3, -0.25) is 0 Å². The summed E-state index contributed by atoms with van der Waals surface area (Å²) in [4.78, 5) is 11.3. The van der Waals surface area contributed by atoms with Crippen molar-refractivity contribution in [1.82, 2.24) is 0 Å². The van der Waals surface area contributed by atoms with Crippen molar-refractivity contribution in [3.8, 4) is 0 Å². The predicted molar refractivity (Wildman–Crippen MR) is 92.1 cm³/mol. The van der Waals surface area contributed by atoms with Crippen LogP contribution in [-0.4, -0.2) is 27.6 Å². The summed E-state index contributed by atoms with van der Waals surface area (Å²) in [7, 11) is 0. The SMILES string of the molecule is O=C=[N][Pb]([c]1ccccc1)([c]1ccccc1)[c]1ccccc1. The van der Waals surface area contributed by atoms with Gasteiger partial charge in [0.25, 0.3) is 0 Å². The Morgan fingerprint density at radius 1 is 0.591 bits per heavy atom. The van der Waals surface area contributed by atoms with Gasteiger partial charge in [-0.1, -0.05) is 0 Å². The molecule has 3 heteroatoms. The molecule has 22 heavy (non-hydrogen) atoms. The van der Waals surface area contributed by atoms with Crippen molar-refractivity contribution in [1.29, 1.82) is 0 Å². The molecule has 0 atom stereocenters. The van der Waals surface area contributed by atoms with E-state index in [4.69, 9.17) is 0 Å². The first kappa shape index (κ1) is 14.9. The van der Waals surface area contributed by atoms with E-state index in [2.05, 4.69) is 39.2 Å². The van der Waals surface area contributed by atoms with Crippen LogP contribution in [0.4, 0.5) is 0 Å². The van der Waals surface area contributed by atoms with Crippen LogP contribution in [0.5, 0.6) is 0 Å². The number of hydrogen-bond acceptors (Lipinski definition) is 2. The van der Waals surface area contributed by atoms with Crippen LogP contribution in [-0.2, 0) is 4.79 Å². The predicted octanol–water partition coefficient (Wildman–Crippen LogP) is 1.99. The number of carbonyl (C=O) groups excluding carboxylic acids is 1. The van der Waals surface area contributed by atoms with Gasteiger partial charge in [0.15, 0.2) is 0 Å². The Morgan fingerprint density at radius 2 is 0.909 bits per heavy atom. The summed E-state index contributed by atoms with van der Waals surface area (Å²) in [6.45, 7) is 0. The Labute approximate surface area is 135 Å². The summed E-state index contributed by atoms with van der Waals surface area (Å²) in [6.07, 6.45) is 1.88. The minimum atomic E-state index is -3.83. The van der Waals surface area contributed by atoms with Crippen LogP contribution in [0.15, 0.2) is 93.8 Å². The number of rotatable bonds is 4. The molecule has 0 saturated heterocycles. The summed E-state index contributed by atoms with van der Waals surface area (Å²) < 4.78 is 7.97. The van der Waals surface area contributed by atoms with Crippen LogP contribution in [0, 0.1) is 0 Å². The normalized spacial score (nSPS) is 10.7. The quantitative estimate of drug-likeness (QED) is 0.319. The van der Waals surface area contributed by atoms with Crippen molar-refractivity contribution < 1.29 is 4.79 Å². The van der Waals surface area contributed by atoms with Crippen LogP contribution < -0.4 is 9.37 Å². The second kappa shape index (κ2) is 6.81. The molecule has 0 N–H and O–H groups in total. The number of benzene rings is 3. The van der Waals surface area contributed by atoms with Crippen LogP contribution in [0.25, 0.3) is 0 Å². The molecule has 3 aromatic carbocycles. The van der Waals surface area contributed by atoms with Crippen LogP contribution >= 0.6 is 0 Å². The summed E-state index contributed by atoms with van der Waals surface area (Å²) >= 11 is -3.83. The Morgan fingerprint density at radius 3 is 1.18 bits per heavy atom. The van der Waals surface area contributed by atoms with E-state index in [9.17, 15) is 4.79 Å². The molecule has 3 aromatic rings. The molecule has 0 bridgehead atoms. The van der Waals surface area contributed by atoms with Gasteiger partial charge in [0.1, 0.15) is 0 Å². The van der Waals surface area contributed by atoms with Crippen LogP contribution in [0.3, 0.4) is 0 Å². The number of nitrogens with zero attached hydrogens (tertiary/aromatic N) is 1. The summed E-state index contributed by atoms with van der Waals surface area (Å²) in [5.74, 6) is 0. The maximum absolute atomic E-state index is 11.3. The molecule has 0 unspecified atom stereocenters. The van der Waals surface area contributed by atoms with Crippen molar-refractivity contribution in [3.05, 3.63) is 91.0 Å². The second-order valence-corrected chi connectivity index (χ2v) is 18.1. The monoisotopic (exact) mass is 481 g/mol. The standard InChI is InChI=1S/3C6H5.CNO.Pb/c3*1-2-4-6-5-3-1;2-1-3;/h3*1-5H;;/q;;;-1;+1. The average molecular weight is 481 g/mol. The topological polar surface area (TPSA) is 29.4 Å². The first-order chi connectivity index (χ1) is 10.9. The molecule has 0 aliphatic carbocycles. The molecule has 106 valence electrons. The van der Waals surface area contributed by atoms with E-state index in [0.29, 0.717) is 0 Å². The Balaban J connectivity index is 2.37. The van der Waals surface area contributed by atoms with E-state index in [1.54, 1.807) is 0 Å². The third-order valence-corrected chi connectivity index (χ3v) is 19.1. The molecular formula is C19H15NOPb. The van der Waals surface area contributed by atoms with Crippen molar-refractivity contribution in [3.63, 3.8) is 0 Å². The van der Waals surface area contributed by atoms with Gasteiger partial charge in [-0.15, -0.1) is 0 Å². The van der Waals surface area contributed by atoms with Crippen molar-refractivity contribution in [2.75, 3.05) is 0 Å². The molecular weight excluding hydrogens is 465 g/mol. The van der Waals surface area contributed by atoms with Crippen molar-refractivity contribution in [2.24, 2.45) is 2.80 Å². The molecule has 0 spiro atoms. The van der Waals surface area contributed by atoms with Crippen molar-refractivity contribution in [2.45, 2.75) is 0 Å². The summed E-state index contributed by atoms with van der Waals surface area (Å²) in [6, 6.07) is 30.5. The van der Waals surface area contributed by atoms with Gasteiger partial charge in [-0.2, -0.15) is 0 Å². The fourth-order valence-electron chi connectivity index (χ4n) is 2.80. The first-order valence-electron chi connectivity index (χ1n) is 7.13. The molecule has 0 fully saturated rings. The first-order valence-corrected chi connectivity index (χ1v) is 14.7. The number of isocyanates is 1. The fraction of sp³-hybridized carbons (Fsp3) is 0. The zero-order valence-corrected chi connectivity index (χ0v) is 15.9. The molecule has 0 heterocycles. The third kappa shape index (κ3) is 2.67. The molecule has 0 aliphatic rings. The molecule has 0 saturated carbocycles. The zero-order chi connectivity index (χ0) is 15.3. The van der Waals surface area contributed by atoms with E-state index in [-0.39, 0.29) is 0 Å². The fourth-order valence-corrected chi connectivity index (χ4v) is 16.6. The Kier molecular flexibility index (Phi) is 4.61. The van der Waals surface area contributed by atoms with E-state index >= 15 is 0 Å². The summed E-state index contributed by atoms with van der Waals surface area (Å²) in [5.41, 5.74) is 0. The van der Waals surface area contributed by atoms with Gasteiger partial charge >= 0.3 is 136 Å². The molecule has 2 nitrogen and oxygen atoms in total. The van der Waals surface area contributed by atoms with E-state index < -0.39 is 21.5 Å². The maximum atomic E-state index is 11.3. The molecule has 0 radical (unpaired) electrons. The zero-order valence-electron chi connectivity index (χ0n) is 12.0. The minimum absolute atomic E-state index is 1.16. The Bertz CT molecular complexity index is 685. The molecule has 0 amide bonds. The molecule has 3 rings (SSSR count). The van der Waals surface area contributed by atoms with Gasteiger partial charge in [0.05, 0.1) is 0 Å². The van der Waals surface area contributed by atoms with E-state index in [1.807, 2.05) is 60.7 Å². The average Bonchev–Trinajstić information content (AvgIpc) is 2.62. The van der Waals surface area contributed by atoms with Crippen molar-refractivity contribution >= 4 is 36.9 Å². The summed E-state index contributed by atoms with van der Waals surface area (Å²) in [5, 5.41) is 0. The second-order valence-electron chi connectivity index (χ2n) is 5.01. The molecule has 0 aromatic heterocycles. The van der Waals surface area contributed by atoms with Gasteiger partial charge in [-0.25, -0.2) is 0 Å². The van der Waals surface area contributed by atoms with Gasteiger partial charge in [0, 0.05) is 0 Å². The van der Waals surface area contributed by atoms with E-state index in [1.165, 1.54) is 0 Å². The van der Waals surface area contributed by atoms with Gasteiger partial charge in [-0.05, 0) is 0 Å².